The van der Waals surface area contributed by atoms with Gasteiger partial charge in [0.15, 0.2) is 0 Å². The van der Waals surface area contributed by atoms with Crippen LogP contribution in [0.1, 0.15) is 56.1 Å². The van der Waals surface area contributed by atoms with E-state index in [0.29, 0.717) is 37.0 Å². The first-order valence-corrected chi connectivity index (χ1v) is 12.1. The van der Waals surface area contributed by atoms with Crippen molar-refractivity contribution in [3.63, 3.8) is 0 Å². The van der Waals surface area contributed by atoms with Crippen LogP contribution in [0.5, 0.6) is 5.75 Å². The number of rotatable bonds is 5. The number of alkyl halides is 7. The minimum atomic E-state index is -6.22. The summed E-state index contributed by atoms with van der Waals surface area (Å²) in [6.07, 6.45) is -8.33. The van der Waals surface area contributed by atoms with Crippen molar-refractivity contribution in [2.24, 2.45) is 0 Å². The normalized spacial score (nSPS) is 26.3. The van der Waals surface area contributed by atoms with Gasteiger partial charge in [0.05, 0.1) is 17.1 Å². The highest BCUT2D eigenvalue weighted by atomic mass is 31.0. The molecule has 1 aliphatic carbocycles. The minimum Gasteiger partial charge on any atom is -0.487 e. The predicted octanol–water partition coefficient (Wildman–Crippen LogP) is 5.17. The number of aliphatic hydroxyl groups excluding tert-OH is 1. The number of aliphatic hydroxyl groups is 1. The van der Waals surface area contributed by atoms with Gasteiger partial charge in [0.2, 0.25) is 5.91 Å². The van der Waals surface area contributed by atoms with Crippen molar-refractivity contribution in [2.45, 2.75) is 79.6 Å². The van der Waals surface area contributed by atoms with Crippen molar-refractivity contribution in [2.75, 3.05) is 19.7 Å². The van der Waals surface area contributed by atoms with Gasteiger partial charge >= 0.3 is 18.0 Å². The van der Waals surface area contributed by atoms with E-state index in [1.54, 1.807) is 4.90 Å². The van der Waals surface area contributed by atoms with Crippen LogP contribution in [0.25, 0.3) is 0 Å². The number of ether oxygens (including phenoxy) is 1. The third kappa shape index (κ3) is 4.10. The van der Waals surface area contributed by atoms with Gasteiger partial charge in [0.25, 0.3) is 0 Å². The lowest BCUT2D eigenvalue weighted by molar-refractivity contribution is -0.348. The van der Waals surface area contributed by atoms with Crippen molar-refractivity contribution in [3.8, 4) is 5.75 Å². The number of hydrogen-bond acceptors (Lipinski definition) is 3. The van der Waals surface area contributed by atoms with E-state index in [9.17, 15) is 40.6 Å². The number of carbonyl (C=O) groups is 1. The van der Waals surface area contributed by atoms with E-state index in [1.165, 1.54) is 0 Å². The summed E-state index contributed by atoms with van der Waals surface area (Å²) in [5.41, 5.74) is -7.75. The summed E-state index contributed by atoms with van der Waals surface area (Å²) in [7, 11) is 2.66. The highest BCUT2D eigenvalue weighted by Crippen LogP contribution is 2.56. The molecular weight excluding hydrogens is 502 g/mol. The topological polar surface area (TPSA) is 49.8 Å². The van der Waals surface area contributed by atoms with Gasteiger partial charge in [-0.25, -0.2) is 4.39 Å². The van der Waals surface area contributed by atoms with Crippen molar-refractivity contribution in [1.82, 2.24) is 4.90 Å². The molecule has 2 aliphatic heterocycles. The minimum absolute atomic E-state index is 0.0846. The molecule has 4 rings (SSSR count). The van der Waals surface area contributed by atoms with E-state index < -0.39 is 40.3 Å². The van der Waals surface area contributed by atoms with E-state index in [4.69, 9.17) is 4.74 Å². The molecule has 4 nitrogen and oxygen atoms in total. The van der Waals surface area contributed by atoms with Crippen LogP contribution in [0.3, 0.4) is 0 Å². The predicted molar refractivity (Wildman–Crippen MR) is 116 cm³/mol. The SMILES string of the molecule is O=C(N1CC2Oc3cc(C(F)(C(F)(F)F)C(F)(F)F)ccc3C2(CCCO)C1)C1(P)CCCCC1. The van der Waals surface area contributed by atoms with E-state index in [2.05, 4.69) is 9.24 Å². The van der Waals surface area contributed by atoms with Gasteiger partial charge in [-0.05, 0) is 31.7 Å². The van der Waals surface area contributed by atoms with Gasteiger partial charge in [-0.2, -0.15) is 26.3 Å². The summed E-state index contributed by atoms with van der Waals surface area (Å²) in [6.45, 7) is 0.0567. The number of benzene rings is 1. The number of likely N-dealkylation sites (tertiary alicyclic amines) is 1. The molecule has 3 unspecified atom stereocenters. The maximum Gasteiger partial charge on any atom is 0.435 e. The molecule has 1 aromatic rings. The van der Waals surface area contributed by atoms with Gasteiger partial charge in [-0.1, -0.05) is 31.4 Å². The lowest BCUT2D eigenvalue weighted by Crippen LogP contribution is -2.50. The largest absolute Gasteiger partial charge is 0.487 e. The molecule has 1 saturated heterocycles. The van der Waals surface area contributed by atoms with Crippen molar-refractivity contribution in [1.29, 1.82) is 0 Å². The zero-order chi connectivity index (χ0) is 25.9. The Balaban J connectivity index is 1.70. The fourth-order valence-corrected chi connectivity index (χ4v) is 6.40. The van der Waals surface area contributed by atoms with Crippen LogP contribution in [-0.2, 0) is 15.9 Å². The van der Waals surface area contributed by atoms with Gasteiger partial charge < -0.3 is 14.7 Å². The summed E-state index contributed by atoms with van der Waals surface area (Å²) in [5, 5.41) is 8.80. The number of nitrogens with zero attached hydrogens (tertiary/aromatic N) is 1. The molecule has 1 amide bonds. The fraction of sp³-hybridized carbons (Fsp3) is 0.696. The highest BCUT2D eigenvalue weighted by molar-refractivity contribution is 7.21. The van der Waals surface area contributed by atoms with Crippen molar-refractivity contribution < 1.29 is 45.4 Å². The average Bonchev–Trinajstić information content (AvgIpc) is 3.27. The van der Waals surface area contributed by atoms with Crippen LogP contribution in [0.15, 0.2) is 18.2 Å². The van der Waals surface area contributed by atoms with Gasteiger partial charge in [0, 0.05) is 24.3 Å². The Kier molecular flexibility index (Phi) is 6.61. The second-order valence-corrected chi connectivity index (χ2v) is 11.0. The number of hydrogen-bond donors (Lipinski definition) is 1. The first-order valence-electron chi connectivity index (χ1n) is 11.5. The number of carbonyl (C=O) groups excluding carboxylic acids is 1. The van der Waals surface area contributed by atoms with E-state index in [-0.39, 0.29) is 37.8 Å². The summed E-state index contributed by atoms with van der Waals surface area (Å²) in [4.78, 5) is 15.0. The van der Waals surface area contributed by atoms with Crippen LogP contribution < -0.4 is 4.74 Å². The van der Waals surface area contributed by atoms with E-state index >= 15 is 0 Å². The van der Waals surface area contributed by atoms with Crippen LogP contribution in [0.4, 0.5) is 30.7 Å². The maximum absolute atomic E-state index is 14.6. The summed E-state index contributed by atoms with van der Waals surface area (Å²) >= 11 is 0. The molecule has 1 saturated carbocycles. The zero-order valence-corrected chi connectivity index (χ0v) is 20.0. The van der Waals surface area contributed by atoms with Crippen LogP contribution >= 0.6 is 9.24 Å². The molecule has 3 aliphatic rings. The summed E-state index contributed by atoms with van der Waals surface area (Å²) in [6, 6.07) is 2.01. The smallest absolute Gasteiger partial charge is 0.435 e. The molecule has 12 heteroatoms. The van der Waals surface area contributed by atoms with Gasteiger partial charge in [0.1, 0.15) is 11.9 Å². The molecule has 2 heterocycles. The number of fused-ring (bicyclic) bond motifs is 3. The Morgan fingerprint density at radius 3 is 2.29 bits per heavy atom. The monoisotopic (exact) mass is 529 g/mol. The molecule has 196 valence electrons. The molecule has 35 heavy (non-hydrogen) atoms. The van der Waals surface area contributed by atoms with Gasteiger partial charge in [-0.15, -0.1) is 9.24 Å². The Morgan fingerprint density at radius 1 is 1.09 bits per heavy atom. The molecular formula is C23H27F7NO3P. The number of amides is 1. The lowest BCUT2D eigenvalue weighted by Gasteiger charge is -2.36. The maximum atomic E-state index is 14.6. The van der Waals surface area contributed by atoms with E-state index in [1.807, 2.05) is 0 Å². The van der Waals surface area contributed by atoms with Crippen molar-refractivity contribution in [3.05, 3.63) is 29.3 Å². The van der Waals surface area contributed by atoms with E-state index in [0.717, 1.165) is 25.3 Å². The Bertz CT molecular complexity index is 963. The fourth-order valence-electron chi connectivity index (χ4n) is 5.81. The Labute approximate surface area is 200 Å². The molecule has 2 fully saturated rings. The highest BCUT2D eigenvalue weighted by Gasteiger charge is 2.74. The summed E-state index contributed by atoms with van der Waals surface area (Å²) in [5.74, 6) is -0.343. The second kappa shape index (κ2) is 8.75. The first kappa shape index (κ1) is 26.5. The van der Waals surface area contributed by atoms with Crippen LogP contribution in [-0.4, -0.2) is 59.2 Å². The molecule has 3 atom stereocenters. The molecule has 1 N–H and O–H groups in total. The zero-order valence-electron chi connectivity index (χ0n) is 18.8. The molecule has 0 aromatic heterocycles. The second-order valence-electron chi connectivity index (χ2n) is 9.86. The third-order valence-electron chi connectivity index (χ3n) is 7.68. The van der Waals surface area contributed by atoms with Gasteiger partial charge in [-0.3, -0.25) is 4.79 Å². The Hall–Kier alpha value is -1.61. The molecule has 0 spiro atoms. The summed E-state index contributed by atoms with van der Waals surface area (Å²) < 4.78 is 99.9. The lowest BCUT2D eigenvalue weighted by atomic mass is 9.75. The van der Waals surface area contributed by atoms with Crippen molar-refractivity contribution >= 4 is 15.1 Å². The first-order chi connectivity index (χ1) is 16.2. The molecule has 0 bridgehead atoms. The quantitative estimate of drug-likeness (QED) is 0.423. The molecule has 0 radical (unpaired) electrons. The standard InChI is InChI=1S/C23H27F7NO3P/c24-21(22(25,26)27,23(28,29)30)14-5-6-15-16(11-14)34-17-12-31(13-19(15,17)7-4-10-32)18(33)20(35)8-2-1-3-9-20/h5-6,11,17,32H,1-4,7-10,12-13,35H2. The van der Waals surface area contributed by atoms with Crippen LogP contribution in [0.2, 0.25) is 0 Å². The average molecular weight is 529 g/mol. The van der Waals surface area contributed by atoms with Crippen LogP contribution in [0, 0.1) is 0 Å². The number of halogens is 7. The molecule has 1 aromatic carbocycles. The Morgan fingerprint density at radius 2 is 1.71 bits per heavy atom. The third-order valence-corrected chi connectivity index (χ3v) is 8.51.